The summed E-state index contributed by atoms with van der Waals surface area (Å²) in [7, 11) is 3.13. The van der Waals surface area contributed by atoms with Gasteiger partial charge in [-0.2, -0.15) is 0 Å². The normalized spacial score (nSPS) is 10.5. The van der Waals surface area contributed by atoms with E-state index >= 15 is 0 Å². The molecule has 1 heterocycles. The molecule has 0 atom stereocenters. The van der Waals surface area contributed by atoms with Crippen LogP contribution < -0.4 is 14.4 Å². The van der Waals surface area contributed by atoms with E-state index in [0.29, 0.717) is 33.7 Å². The van der Waals surface area contributed by atoms with E-state index in [4.69, 9.17) is 14.2 Å². The minimum atomic E-state index is -0.433. The molecule has 0 unspecified atom stereocenters. The average Bonchev–Trinajstić information content (AvgIpc) is 3.19. The van der Waals surface area contributed by atoms with Gasteiger partial charge in [0.1, 0.15) is 16.4 Å². The van der Waals surface area contributed by atoms with Gasteiger partial charge < -0.3 is 14.2 Å². The van der Waals surface area contributed by atoms with E-state index in [9.17, 15) is 9.59 Å². The number of anilines is 1. The second-order valence-electron chi connectivity index (χ2n) is 6.95. The number of aromatic nitrogens is 1. The Labute approximate surface area is 191 Å². The third kappa shape index (κ3) is 5.45. The lowest BCUT2D eigenvalue weighted by atomic mass is 10.1. The van der Waals surface area contributed by atoms with Crippen molar-refractivity contribution in [2.45, 2.75) is 26.8 Å². The first-order valence-corrected chi connectivity index (χ1v) is 11.0. The number of thiazole rings is 1. The molecule has 1 aromatic heterocycles. The molecule has 1 amide bonds. The van der Waals surface area contributed by atoms with Crippen molar-refractivity contribution < 1.29 is 23.8 Å². The number of benzene rings is 2. The Morgan fingerprint density at radius 2 is 1.81 bits per heavy atom. The van der Waals surface area contributed by atoms with Gasteiger partial charge in [-0.1, -0.05) is 47.7 Å². The molecule has 0 aliphatic rings. The highest BCUT2D eigenvalue weighted by molar-refractivity contribution is 7.17. The fourth-order valence-electron chi connectivity index (χ4n) is 3.17. The van der Waals surface area contributed by atoms with Crippen LogP contribution in [0.5, 0.6) is 11.5 Å². The number of esters is 1. The molecule has 3 rings (SSSR count). The summed E-state index contributed by atoms with van der Waals surface area (Å²) >= 11 is 1.16. The van der Waals surface area contributed by atoms with Crippen LogP contribution in [0.4, 0.5) is 5.13 Å². The number of amides is 1. The summed E-state index contributed by atoms with van der Waals surface area (Å²) < 4.78 is 15.8. The minimum absolute atomic E-state index is 0.105. The summed E-state index contributed by atoms with van der Waals surface area (Å²) in [6.07, 6.45) is 0.105. The number of carbonyl (C=O) groups excluding carboxylic acids is 2. The molecular formula is C24H26N2O5S. The fraction of sp³-hybridized carbons (Fsp3) is 0.292. The second kappa shape index (κ2) is 10.8. The third-order valence-electron chi connectivity index (χ3n) is 4.80. The molecule has 3 aromatic rings. The largest absolute Gasteiger partial charge is 0.497 e. The van der Waals surface area contributed by atoms with Crippen LogP contribution in [-0.2, 0) is 22.5 Å². The van der Waals surface area contributed by atoms with Crippen molar-refractivity contribution in [1.82, 2.24) is 4.98 Å². The van der Waals surface area contributed by atoms with Gasteiger partial charge in [0.25, 0.3) is 0 Å². The predicted molar refractivity (Wildman–Crippen MR) is 124 cm³/mol. The van der Waals surface area contributed by atoms with Gasteiger partial charge in [0.2, 0.25) is 5.91 Å². The topological polar surface area (TPSA) is 78.0 Å². The molecule has 0 aliphatic heterocycles. The lowest BCUT2D eigenvalue weighted by molar-refractivity contribution is -0.118. The maximum Gasteiger partial charge on any atom is 0.350 e. The van der Waals surface area contributed by atoms with Crippen molar-refractivity contribution in [1.29, 1.82) is 0 Å². The van der Waals surface area contributed by atoms with Gasteiger partial charge in [0.15, 0.2) is 5.13 Å². The zero-order valence-corrected chi connectivity index (χ0v) is 19.4. The van der Waals surface area contributed by atoms with Crippen molar-refractivity contribution in [3.8, 4) is 11.5 Å². The molecule has 0 bridgehead atoms. The van der Waals surface area contributed by atoms with Crippen molar-refractivity contribution in [3.63, 3.8) is 0 Å². The summed E-state index contributed by atoms with van der Waals surface area (Å²) in [6.45, 7) is 4.09. The summed E-state index contributed by atoms with van der Waals surface area (Å²) in [4.78, 5) is 32.2. The number of hydrogen-bond acceptors (Lipinski definition) is 7. The van der Waals surface area contributed by atoms with E-state index < -0.39 is 5.97 Å². The SMILES string of the molecule is CCOC(=O)c1sc(N(Cc2ccccc2)C(=O)Cc2ccc(OC)cc2OC)nc1C. The molecule has 8 heteroatoms. The maximum absolute atomic E-state index is 13.4. The van der Waals surface area contributed by atoms with Gasteiger partial charge in [0, 0.05) is 11.6 Å². The molecular weight excluding hydrogens is 428 g/mol. The number of hydrogen-bond donors (Lipinski definition) is 0. The number of carbonyl (C=O) groups is 2. The molecule has 0 saturated carbocycles. The monoisotopic (exact) mass is 454 g/mol. The van der Waals surface area contributed by atoms with Crippen LogP contribution in [0.3, 0.4) is 0 Å². The molecule has 0 radical (unpaired) electrons. The molecule has 0 aliphatic carbocycles. The maximum atomic E-state index is 13.4. The highest BCUT2D eigenvalue weighted by Gasteiger charge is 2.25. The zero-order chi connectivity index (χ0) is 23.1. The van der Waals surface area contributed by atoms with E-state index in [1.54, 1.807) is 45.1 Å². The van der Waals surface area contributed by atoms with Crippen molar-refractivity contribution in [2.75, 3.05) is 25.7 Å². The van der Waals surface area contributed by atoms with Gasteiger partial charge in [-0.05, 0) is 25.5 Å². The van der Waals surface area contributed by atoms with Gasteiger partial charge in [-0.15, -0.1) is 0 Å². The Morgan fingerprint density at radius 3 is 2.47 bits per heavy atom. The first-order valence-electron chi connectivity index (χ1n) is 10.2. The molecule has 7 nitrogen and oxygen atoms in total. The summed E-state index contributed by atoms with van der Waals surface area (Å²) in [5.41, 5.74) is 2.22. The van der Waals surface area contributed by atoms with E-state index in [0.717, 1.165) is 22.5 Å². The van der Waals surface area contributed by atoms with Gasteiger partial charge in [0.05, 0.1) is 39.5 Å². The van der Waals surface area contributed by atoms with E-state index in [1.165, 1.54) is 0 Å². The number of methoxy groups -OCH3 is 2. The molecule has 168 valence electrons. The van der Waals surface area contributed by atoms with Crippen LogP contribution in [-0.4, -0.2) is 37.7 Å². The Morgan fingerprint density at radius 1 is 1.06 bits per heavy atom. The highest BCUT2D eigenvalue weighted by Crippen LogP contribution is 2.30. The number of ether oxygens (including phenoxy) is 3. The highest BCUT2D eigenvalue weighted by atomic mass is 32.1. The van der Waals surface area contributed by atoms with Crippen LogP contribution >= 0.6 is 11.3 Å². The fourth-order valence-corrected chi connectivity index (χ4v) is 4.15. The van der Waals surface area contributed by atoms with Gasteiger partial charge in [-0.3, -0.25) is 9.69 Å². The Kier molecular flexibility index (Phi) is 7.83. The summed E-state index contributed by atoms with van der Waals surface area (Å²) in [5, 5.41) is 0.451. The van der Waals surface area contributed by atoms with Crippen LogP contribution in [0.25, 0.3) is 0 Å². The van der Waals surface area contributed by atoms with Crippen molar-refractivity contribution in [3.05, 3.63) is 70.2 Å². The van der Waals surface area contributed by atoms with E-state index in [1.807, 2.05) is 36.4 Å². The summed E-state index contributed by atoms with van der Waals surface area (Å²) in [5.74, 6) is 0.618. The number of rotatable bonds is 9. The number of aryl methyl sites for hydroxylation is 1. The second-order valence-corrected chi connectivity index (χ2v) is 7.93. The Hall–Kier alpha value is -3.39. The molecule has 0 fully saturated rings. The Bertz CT molecular complexity index is 1080. The van der Waals surface area contributed by atoms with Crippen molar-refractivity contribution >= 4 is 28.3 Å². The zero-order valence-electron chi connectivity index (χ0n) is 18.6. The first-order chi connectivity index (χ1) is 15.5. The Balaban J connectivity index is 1.94. The molecule has 0 N–H and O–H groups in total. The minimum Gasteiger partial charge on any atom is -0.497 e. The summed E-state index contributed by atoms with van der Waals surface area (Å²) in [6, 6.07) is 15.0. The standard InChI is InChI=1S/C24H26N2O5S/c1-5-31-23(28)22-16(2)25-24(32-22)26(15-17-9-7-6-8-10-17)21(27)13-18-11-12-19(29-3)14-20(18)30-4/h6-12,14H,5,13,15H2,1-4H3. The molecule has 0 spiro atoms. The molecule has 2 aromatic carbocycles. The first kappa shape index (κ1) is 23.3. The lowest BCUT2D eigenvalue weighted by Crippen LogP contribution is -2.31. The van der Waals surface area contributed by atoms with Crippen LogP contribution in [0.1, 0.15) is 33.4 Å². The van der Waals surface area contributed by atoms with Gasteiger partial charge >= 0.3 is 5.97 Å². The average molecular weight is 455 g/mol. The third-order valence-corrected chi connectivity index (χ3v) is 5.96. The van der Waals surface area contributed by atoms with Crippen LogP contribution in [0.2, 0.25) is 0 Å². The van der Waals surface area contributed by atoms with E-state index in [2.05, 4.69) is 4.98 Å². The smallest absolute Gasteiger partial charge is 0.350 e. The van der Waals surface area contributed by atoms with Gasteiger partial charge in [-0.25, -0.2) is 9.78 Å². The van der Waals surface area contributed by atoms with Crippen LogP contribution in [0.15, 0.2) is 48.5 Å². The molecule has 0 saturated heterocycles. The van der Waals surface area contributed by atoms with Crippen molar-refractivity contribution in [2.24, 2.45) is 0 Å². The quantitative estimate of drug-likeness (QED) is 0.446. The lowest BCUT2D eigenvalue weighted by Gasteiger charge is -2.21. The number of nitrogens with zero attached hydrogens (tertiary/aromatic N) is 2. The van der Waals surface area contributed by atoms with E-state index in [-0.39, 0.29) is 18.9 Å². The molecule has 32 heavy (non-hydrogen) atoms. The predicted octanol–water partition coefficient (Wildman–Crippen LogP) is 4.42. The van der Waals surface area contributed by atoms with Crippen LogP contribution in [0, 0.1) is 6.92 Å².